The van der Waals surface area contributed by atoms with Crippen molar-refractivity contribution in [3.8, 4) is 0 Å². The highest BCUT2D eigenvalue weighted by molar-refractivity contribution is 7.98. The Kier molecular flexibility index (Phi) is 4.29. The van der Waals surface area contributed by atoms with E-state index in [9.17, 15) is 0 Å². The molecule has 0 radical (unpaired) electrons. The van der Waals surface area contributed by atoms with E-state index in [1.165, 1.54) is 5.75 Å². The Labute approximate surface area is 78.4 Å². The highest BCUT2D eigenvalue weighted by Gasteiger charge is 2.05. The van der Waals surface area contributed by atoms with Crippen molar-refractivity contribution in [3.63, 3.8) is 0 Å². The molecule has 1 aliphatic rings. The van der Waals surface area contributed by atoms with Crippen LogP contribution in [0.15, 0.2) is 4.99 Å². The zero-order valence-electron chi connectivity index (χ0n) is 7.76. The maximum atomic E-state index is 4.26. The molecule has 0 aromatic rings. The lowest BCUT2D eigenvalue weighted by Crippen LogP contribution is -2.36. The topological polar surface area (TPSA) is 36.4 Å². The minimum atomic E-state index is 0.713. The van der Waals surface area contributed by atoms with Gasteiger partial charge in [-0.2, -0.15) is 11.8 Å². The van der Waals surface area contributed by atoms with E-state index in [2.05, 4.69) is 28.8 Å². The number of rotatable bonds is 4. The number of hydrogen-bond acceptors (Lipinski definition) is 4. The van der Waals surface area contributed by atoms with Gasteiger partial charge in [0, 0.05) is 13.1 Å². The second kappa shape index (κ2) is 5.30. The lowest BCUT2D eigenvalue weighted by atomic mass is 10.2. The molecular weight excluding hydrogens is 170 g/mol. The summed E-state index contributed by atoms with van der Waals surface area (Å²) >= 11 is 1.89. The van der Waals surface area contributed by atoms with Crippen LogP contribution in [0.1, 0.15) is 6.92 Å². The molecule has 1 rings (SSSR count). The maximum Gasteiger partial charge on any atom is 0.191 e. The van der Waals surface area contributed by atoms with E-state index in [4.69, 9.17) is 0 Å². The molecule has 0 saturated carbocycles. The maximum absolute atomic E-state index is 4.26. The number of nitrogens with zero attached hydrogens (tertiary/aromatic N) is 1. The molecule has 0 spiro atoms. The third kappa shape index (κ3) is 3.34. The van der Waals surface area contributed by atoms with Gasteiger partial charge in [-0.3, -0.25) is 4.99 Å². The number of guanidine groups is 1. The van der Waals surface area contributed by atoms with Crippen LogP contribution in [0.2, 0.25) is 0 Å². The van der Waals surface area contributed by atoms with E-state index in [0.29, 0.717) is 5.92 Å². The molecule has 0 aromatic carbocycles. The van der Waals surface area contributed by atoms with Gasteiger partial charge in [-0.25, -0.2) is 0 Å². The minimum absolute atomic E-state index is 0.713. The van der Waals surface area contributed by atoms with Crippen molar-refractivity contribution in [1.82, 2.24) is 10.6 Å². The molecule has 0 saturated heterocycles. The standard InChI is InChI=1S/C8H17N3S/c1-7(6-12-2)5-11-8-9-3-4-10-8/h7H,3-6H2,1-2H3,(H2,9,10,11). The highest BCUT2D eigenvalue weighted by atomic mass is 32.2. The summed E-state index contributed by atoms with van der Waals surface area (Å²) in [6.07, 6.45) is 2.14. The quantitative estimate of drug-likeness (QED) is 0.674. The summed E-state index contributed by atoms with van der Waals surface area (Å²) in [6.45, 7) is 5.17. The monoisotopic (exact) mass is 187 g/mol. The van der Waals surface area contributed by atoms with Crippen molar-refractivity contribution in [2.45, 2.75) is 6.92 Å². The molecule has 2 N–H and O–H groups in total. The van der Waals surface area contributed by atoms with E-state index in [0.717, 1.165) is 25.6 Å². The predicted molar refractivity (Wildman–Crippen MR) is 55.9 cm³/mol. The van der Waals surface area contributed by atoms with Crippen LogP contribution in [0.5, 0.6) is 0 Å². The molecule has 0 fully saturated rings. The molecule has 1 aliphatic heterocycles. The van der Waals surface area contributed by atoms with Crippen molar-refractivity contribution in [2.75, 3.05) is 31.6 Å². The summed E-state index contributed by atoms with van der Waals surface area (Å²) in [6, 6.07) is 0. The Bertz CT molecular complexity index is 158. The van der Waals surface area contributed by atoms with Gasteiger partial charge in [0.25, 0.3) is 0 Å². The van der Waals surface area contributed by atoms with Gasteiger partial charge in [0.2, 0.25) is 0 Å². The van der Waals surface area contributed by atoms with Gasteiger partial charge in [0.05, 0.1) is 6.54 Å². The SMILES string of the molecule is CSCC(C)CNC1=NCCN1. The summed E-state index contributed by atoms with van der Waals surface area (Å²) in [5, 5.41) is 6.48. The molecular formula is C8H17N3S. The lowest BCUT2D eigenvalue weighted by molar-refractivity contribution is 0.630. The zero-order valence-corrected chi connectivity index (χ0v) is 8.58. The third-order valence-electron chi connectivity index (χ3n) is 1.74. The molecule has 0 bridgehead atoms. The van der Waals surface area contributed by atoms with Crippen molar-refractivity contribution in [1.29, 1.82) is 0 Å². The second-order valence-electron chi connectivity index (χ2n) is 3.10. The average molecular weight is 187 g/mol. The van der Waals surface area contributed by atoms with E-state index in [-0.39, 0.29) is 0 Å². The van der Waals surface area contributed by atoms with Crippen molar-refractivity contribution in [3.05, 3.63) is 0 Å². The van der Waals surface area contributed by atoms with Crippen LogP contribution >= 0.6 is 11.8 Å². The molecule has 1 atom stereocenters. The fourth-order valence-corrected chi connectivity index (χ4v) is 1.82. The van der Waals surface area contributed by atoms with E-state index in [1.807, 2.05) is 11.8 Å². The lowest BCUT2D eigenvalue weighted by Gasteiger charge is -2.11. The first kappa shape index (κ1) is 9.71. The summed E-state index contributed by atoms with van der Waals surface area (Å²) in [4.78, 5) is 4.26. The highest BCUT2D eigenvalue weighted by Crippen LogP contribution is 2.02. The molecule has 12 heavy (non-hydrogen) atoms. The first-order valence-corrected chi connectivity index (χ1v) is 5.73. The molecule has 70 valence electrons. The summed E-state index contributed by atoms with van der Waals surface area (Å²) < 4.78 is 0. The van der Waals surface area contributed by atoms with E-state index < -0.39 is 0 Å². The predicted octanol–water partition coefficient (Wildman–Crippen LogP) is 0.534. The van der Waals surface area contributed by atoms with Crippen LogP contribution in [0.25, 0.3) is 0 Å². The summed E-state index contributed by atoms with van der Waals surface area (Å²) in [5.74, 6) is 2.90. The minimum Gasteiger partial charge on any atom is -0.356 e. The number of hydrogen-bond donors (Lipinski definition) is 2. The fourth-order valence-electron chi connectivity index (χ4n) is 1.13. The molecule has 3 nitrogen and oxygen atoms in total. The third-order valence-corrected chi connectivity index (χ3v) is 2.65. The average Bonchev–Trinajstić information content (AvgIpc) is 2.53. The van der Waals surface area contributed by atoms with Crippen molar-refractivity contribution in [2.24, 2.45) is 10.9 Å². The molecule has 1 unspecified atom stereocenters. The first-order chi connectivity index (χ1) is 5.83. The van der Waals surface area contributed by atoms with Gasteiger partial charge < -0.3 is 10.6 Å². The summed E-state index contributed by atoms with van der Waals surface area (Å²) in [5.41, 5.74) is 0. The van der Waals surface area contributed by atoms with Crippen LogP contribution in [0.4, 0.5) is 0 Å². The van der Waals surface area contributed by atoms with Crippen LogP contribution in [-0.2, 0) is 0 Å². The van der Waals surface area contributed by atoms with Crippen LogP contribution < -0.4 is 10.6 Å². The van der Waals surface area contributed by atoms with Crippen LogP contribution in [0, 0.1) is 5.92 Å². The van der Waals surface area contributed by atoms with Gasteiger partial charge in [-0.05, 0) is 17.9 Å². The molecule has 1 heterocycles. The van der Waals surface area contributed by atoms with Gasteiger partial charge >= 0.3 is 0 Å². The first-order valence-electron chi connectivity index (χ1n) is 4.34. The Balaban J connectivity index is 2.07. The van der Waals surface area contributed by atoms with Gasteiger partial charge in [0.1, 0.15) is 0 Å². The fraction of sp³-hybridized carbons (Fsp3) is 0.875. The largest absolute Gasteiger partial charge is 0.356 e. The van der Waals surface area contributed by atoms with Crippen LogP contribution in [-0.4, -0.2) is 37.6 Å². The number of nitrogens with one attached hydrogen (secondary N) is 2. The Hall–Kier alpha value is -0.380. The van der Waals surface area contributed by atoms with Crippen molar-refractivity contribution < 1.29 is 0 Å². The number of thioether (sulfide) groups is 1. The Morgan fingerprint density at radius 1 is 1.75 bits per heavy atom. The van der Waals surface area contributed by atoms with Gasteiger partial charge in [-0.15, -0.1) is 0 Å². The van der Waals surface area contributed by atoms with Crippen molar-refractivity contribution >= 4 is 17.7 Å². The smallest absolute Gasteiger partial charge is 0.191 e. The second-order valence-corrected chi connectivity index (χ2v) is 4.01. The van der Waals surface area contributed by atoms with E-state index in [1.54, 1.807) is 0 Å². The van der Waals surface area contributed by atoms with Crippen LogP contribution in [0.3, 0.4) is 0 Å². The normalized spacial score (nSPS) is 18.3. The zero-order chi connectivity index (χ0) is 8.81. The van der Waals surface area contributed by atoms with Gasteiger partial charge in [0.15, 0.2) is 5.96 Å². The molecule has 0 amide bonds. The molecule has 4 heteroatoms. The molecule has 0 aromatic heterocycles. The summed E-state index contributed by atoms with van der Waals surface area (Å²) in [7, 11) is 0. The Morgan fingerprint density at radius 3 is 3.17 bits per heavy atom. The molecule has 0 aliphatic carbocycles. The van der Waals surface area contributed by atoms with E-state index >= 15 is 0 Å². The Morgan fingerprint density at radius 2 is 2.58 bits per heavy atom. The van der Waals surface area contributed by atoms with Gasteiger partial charge in [-0.1, -0.05) is 6.92 Å². The number of aliphatic imine (C=N–C) groups is 1.